The number of carbonyl (C=O) groups excluding carboxylic acids is 1. The first-order valence-electron chi connectivity index (χ1n) is 5.83. The van der Waals surface area contributed by atoms with Crippen LogP contribution >= 0.6 is 55.1 Å². The average Bonchev–Trinajstić information content (AvgIpc) is 2.48. The molecule has 1 nitrogen and oxygen atoms in total. The van der Waals surface area contributed by atoms with E-state index in [1.807, 2.05) is 30.3 Å². The van der Waals surface area contributed by atoms with E-state index in [9.17, 15) is 4.79 Å². The predicted molar refractivity (Wildman–Crippen MR) is 91.6 cm³/mol. The third-order valence-electron chi connectivity index (χ3n) is 2.83. The zero-order chi connectivity index (χ0) is 14.7. The number of hydrogen-bond donors (Lipinski definition) is 0. The van der Waals surface area contributed by atoms with Gasteiger partial charge in [-0.3, -0.25) is 4.79 Å². The number of rotatable bonds is 4. The van der Waals surface area contributed by atoms with Crippen LogP contribution in [0.1, 0.15) is 20.7 Å². The molecule has 0 unspecified atom stereocenters. The Hall–Kier alpha value is -0.350. The van der Waals surface area contributed by atoms with Crippen molar-refractivity contribution >= 4 is 60.8 Å². The van der Waals surface area contributed by atoms with E-state index < -0.39 is 0 Å². The third-order valence-corrected chi connectivity index (χ3v) is 6.28. The highest BCUT2D eigenvalue weighted by atomic mass is 79.9. The van der Waals surface area contributed by atoms with E-state index in [0.29, 0.717) is 15.6 Å². The number of Topliss-reactive ketones (excluding diaryl/α,β-unsaturated/α-hetero) is 1. The van der Waals surface area contributed by atoms with E-state index in [4.69, 9.17) is 23.2 Å². The molecule has 2 aromatic carbocycles. The van der Waals surface area contributed by atoms with Crippen LogP contribution in [-0.2, 0) is 0 Å². The van der Waals surface area contributed by atoms with E-state index >= 15 is 0 Å². The van der Waals surface area contributed by atoms with Crippen molar-refractivity contribution in [2.75, 3.05) is 0 Å². The Morgan fingerprint density at radius 1 is 0.950 bits per heavy atom. The van der Waals surface area contributed by atoms with Crippen molar-refractivity contribution in [1.29, 1.82) is 0 Å². The molecule has 0 heterocycles. The van der Waals surface area contributed by atoms with Gasteiger partial charge in [-0.15, -0.1) is 0 Å². The Kier molecular flexibility index (Phi) is 5.67. The highest BCUT2D eigenvalue weighted by molar-refractivity contribution is 9.12. The van der Waals surface area contributed by atoms with Gasteiger partial charge >= 0.3 is 0 Å². The molecule has 0 saturated carbocycles. The second-order valence-electron chi connectivity index (χ2n) is 4.21. The molecule has 0 aliphatic rings. The van der Waals surface area contributed by atoms with E-state index in [1.165, 1.54) is 0 Å². The second kappa shape index (κ2) is 7.08. The van der Waals surface area contributed by atoms with Gasteiger partial charge in [0.2, 0.25) is 0 Å². The molecule has 0 fully saturated rings. The van der Waals surface area contributed by atoms with Gasteiger partial charge in [-0.05, 0) is 23.8 Å². The van der Waals surface area contributed by atoms with Crippen LogP contribution in [0, 0.1) is 0 Å². The minimum absolute atomic E-state index is 0.0469. The minimum Gasteiger partial charge on any atom is -0.293 e. The molecule has 0 saturated heterocycles. The third kappa shape index (κ3) is 3.64. The molecule has 0 N–H and O–H groups in total. The number of carbonyl (C=O) groups is 1. The summed E-state index contributed by atoms with van der Waals surface area (Å²) in [5.74, 6) is -0.0469. The summed E-state index contributed by atoms with van der Waals surface area (Å²) < 4.78 is 0. The summed E-state index contributed by atoms with van der Waals surface area (Å²) in [6.45, 7) is 0. The molecule has 0 spiro atoms. The van der Waals surface area contributed by atoms with Crippen LogP contribution in [-0.4, -0.2) is 10.6 Å². The van der Waals surface area contributed by atoms with Crippen LogP contribution in [0.5, 0.6) is 0 Å². The van der Waals surface area contributed by atoms with Crippen molar-refractivity contribution in [2.45, 2.75) is 9.65 Å². The summed E-state index contributed by atoms with van der Waals surface area (Å²) in [5.41, 5.74) is 1.56. The Morgan fingerprint density at radius 3 is 2.20 bits per heavy atom. The van der Waals surface area contributed by atoms with Crippen molar-refractivity contribution in [1.82, 2.24) is 0 Å². The molecule has 0 aliphatic heterocycles. The maximum absolute atomic E-state index is 12.4. The lowest BCUT2D eigenvalue weighted by Crippen LogP contribution is -2.19. The minimum atomic E-state index is -0.387. The van der Waals surface area contributed by atoms with Crippen LogP contribution < -0.4 is 0 Å². The predicted octanol–water partition coefficient (Wildman–Crippen LogP) is 6.08. The molecular formula is C15H10Br2Cl2O. The zero-order valence-electron chi connectivity index (χ0n) is 10.2. The van der Waals surface area contributed by atoms with Crippen molar-refractivity contribution in [3.63, 3.8) is 0 Å². The monoisotopic (exact) mass is 434 g/mol. The number of benzene rings is 2. The normalized spacial score (nSPS) is 13.8. The first kappa shape index (κ1) is 16.0. The summed E-state index contributed by atoms with van der Waals surface area (Å²) in [4.78, 5) is 11.9. The number of hydrogen-bond acceptors (Lipinski definition) is 1. The molecule has 5 heteroatoms. The maximum Gasteiger partial charge on any atom is 0.177 e. The largest absolute Gasteiger partial charge is 0.293 e. The molecule has 0 amide bonds. The van der Waals surface area contributed by atoms with Crippen LogP contribution in [0.4, 0.5) is 0 Å². The van der Waals surface area contributed by atoms with Gasteiger partial charge in [0, 0.05) is 5.56 Å². The van der Waals surface area contributed by atoms with Crippen molar-refractivity contribution < 1.29 is 4.79 Å². The number of ketones is 1. The average molecular weight is 437 g/mol. The molecule has 2 aromatic rings. The van der Waals surface area contributed by atoms with Gasteiger partial charge in [-0.2, -0.15) is 0 Å². The lowest BCUT2D eigenvalue weighted by Gasteiger charge is -2.16. The first-order chi connectivity index (χ1) is 9.50. The molecule has 0 aromatic heterocycles. The second-order valence-corrected chi connectivity index (χ2v) is 6.99. The van der Waals surface area contributed by atoms with Crippen molar-refractivity contribution in [3.8, 4) is 0 Å². The molecule has 20 heavy (non-hydrogen) atoms. The van der Waals surface area contributed by atoms with Crippen LogP contribution in [0.3, 0.4) is 0 Å². The fourth-order valence-electron chi connectivity index (χ4n) is 1.75. The van der Waals surface area contributed by atoms with Crippen molar-refractivity contribution in [3.05, 3.63) is 69.7 Å². The van der Waals surface area contributed by atoms with Crippen LogP contribution in [0.2, 0.25) is 10.0 Å². The Bertz CT molecular complexity index is 617. The quantitative estimate of drug-likeness (QED) is 0.419. The molecule has 104 valence electrons. The highest BCUT2D eigenvalue weighted by Crippen LogP contribution is 2.34. The number of alkyl halides is 2. The SMILES string of the molecule is O=C(c1ccc(Cl)c(Cl)c1)[C@H](Br)[C@H](Br)c1ccccc1. The van der Waals surface area contributed by atoms with Crippen LogP contribution in [0.25, 0.3) is 0 Å². The summed E-state index contributed by atoms with van der Waals surface area (Å²) >= 11 is 18.8. The molecule has 0 bridgehead atoms. The molecule has 2 atom stereocenters. The molecular weight excluding hydrogens is 427 g/mol. The lowest BCUT2D eigenvalue weighted by atomic mass is 10.0. The Balaban J connectivity index is 2.22. The van der Waals surface area contributed by atoms with E-state index in [0.717, 1.165) is 5.56 Å². The van der Waals surface area contributed by atoms with E-state index in [-0.39, 0.29) is 15.4 Å². The van der Waals surface area contributed by atoms with E-state index in [1.54, 1.807) is 18.2 Å². The smallest absolute Gasteiger partial charge is 0.177 e. The standard InChI is InChI=1S/C15H10Br2Cl2O/c16-13(9-4-2-1-3-5-9)14(17)15(20)10-6-7-11(18)12(19)8-10/h1-8,13-14H/t13-,14-/m1/s1. The highest BCUT2D eigenvalue weighted by Gasteiger charge is 2.26. The van der Waals surface area contributed by atoms with Crippen molar-refractivity contribution in [2.24, 2.45) is 0 Å². The van der Waals surface area contributed by atoms with Gasteiger partial charge in [0.15, 0.2) is 5.78 Å². The maximum atomic E-state index is 12.4. The zero-order valence-corrected chi connectivity index (χ0v) is 14.9. The number of halogens is 4. The summed E-state index contributed by atoms with van der Waals surface area (Å²) in [7, 11) is 0. The van der Waals surface area contributed by atoms with Gasteiger partial charge < -0.3 is 0 Å². The van der Waals surface area contributed by atoms with E-state index in [2.05, 4.69) is 31.9 Å². The fraction of sp³-hybridized carbons (Fsp3) is 0.133. The topological polar surface area (TPSA) is 17.1 Å². The summed E-state index contributed by atoms with van der Waals surface area (Å²) in [6.07, 6.45) is 0. The Morgan fingerprint density at radius 2 is 1.60 bits per heavy atom. The first-order valence-corrected chi connectivity index (χ1v) is 8.42. The molecule has 0 aliphatic carbocycles. The molecule has 0 radical (unpaired) electrons. The Labute approximate surface area is 144 Å². The lowest BCUT2D eigenvalue weighted by molar-refractivity contribution is 0.0991. The van der Waals surface area contributed by atoms with Gasteiger partial charge in [-0.1, -0.05) is 85.4 Å². The van der Waals surface area contributed by atoms with Gasteiger partial charge in [0.1, 0.15) is 0 Å². The molecule has 2 rings (SSSR count). The van der Waals surface area contributed by atoms with Gasteiger partial charge in [0.05, 0.1) is 19.7 Å². The summed E-state index contributed by atoms with van der Waals surface area (Å²) in [5, 5.41) is 0.816. The van der Waals surface area contributed by atoms with Gasteiger partial charge in [-0.25, -0.2) is 0 Å². The summed E-state index contributed by atoms with van der Waals surface area (Å²) in [6, 6.07) is 14.6. The fourth-order valence-corrected chi connectivity index (χ4v) is 3.16. The van der Waals surface area contributed by atoms with Crippen LogP contribution in [0.15, 0.2) is 48.5 Å². The van der Waals surface area contributed by atoms with Gasteiger partial charge in [0.25, 0.3) is 0 Å².